The molecule has 5 heteroatoms. The molecule has 1 aromatic carbocycles. The van der Waals surface area contributed by atoms with Crippen molar-refractivity contribution < 1.29 is 9.53 Å². The Morgan fingerprint density at radius 3 is 2.84 bits per heavy atom. The summed E-state index contributed by atoms with van der Waals surface area (Å²) in [6.45, 7) is 4.41. The molecule has 0 saturated heterocycles. The molecule has 0 unspecified atom stereocenters. The van der Waals surface area contributed by atoms with Gasteiger partial charge in [-0.05, 0) is 43.9 Å². The standard InChI is InChI=1S/C20H27N3O2/c1-15-8-9-16(2)18(14-15)25-13-11-20(24)22-19-10-12-21-23(19)17-6-4-3-5-7-17/h8-10,12,14,17H,3-7,11,13H2,1-2H3,(H,22,24). The summed E-state index contributed by atoms with van der Waals surface area (Å²) >= 11 is 0. The van der Waals surface area contributed by atoms with Crippen molar-refractivity contribution in [1.29, 1.82) is 0 Å². The third-order valence-electron chi connectivity index (χ3n) is 4.79. The lowest BCUT2D eigenvalue weighted by molar-refractivity contribution is -0.116. The summed E-state index contributed by atoms with van der Waals surface area (Å²) in [6.07, 6.45) is 8.14. The molecule has 0 spiro atoms. The SMILES string of the molecule is Cc1ccc(C)c(OCCC(=O)Nc2ccnn2C2CCCCC2)c1. The van der Waals surface area contributed by atoms with Gasteiger partial charge in [0.15, 0.2) is 0 Å². The first kappa shape index (κ1) is 17.5. The number of carbonyl (C=O) groups is 1. The summed E-state index contributed by atoms with van der Waals surface area (Å²) in [5, 5.41) is 7.39. The van der Waals surface area contributed by atoms with Crippen molar-refractivity contribution in [1.82, 2.24) is 9.78 Å². The number of hydrogen-bond acceptors (Lipinski definition) is 3. The van der Waals surface area contributed by atoms with Crippen LogP contribution in [0.5, 0.6) is 5.75 Å². The minimum Gasteiger partial charge on any atom is -0.493 e. The Morgan fingerprint density at radius 2 is 2.04 bits per heavy atom. The van der Waals surface area contributed by atoms with E-state index < -0.39 is 0 Å². The molecular formula is C20H27N3O2. The molecule has 1 amide bonds. The molecule has 0 aliphatic heterocycles. The van der Waals surface area contributed by atoms with Crippen LogP contribution in [0.2, 0.25) is 0 Å². The van der Waals surface area contributed by atoms with Crippen LogP contribution in [0.1, 0.15) is 55.7 Å². The van der Waals surface area contributed by atoms with Crippen LogP contribution < -0.4 is 10.1 Å². The zero-order valence-electron chi connectivity index (χ0n) is 15.1. The van der Waals surface area contributed by atoms with Gasteiger partial charge in [0.25, 0.3) is 0 Å². The maximum atomic E-state index is 12.3. The number of aryl methyl sites for hydroxylation is 2. The van der Waals surface area contributed by atoms with Gasteiger partial charge in [0.05, 0.1) is 25.3 Å². The minimum absolute atomic E-state index is 0.0390. The van der Waals surface area contributed by atoms with Gasteiger partial charge < -0.3 is 10.1 Å². The van der Waals surface area contributed by atoms with E-state index in [2.05, 4.69) is 16.5 Å². The van der Waals surface area contributed by atoms with Crippen molar-refractivity contribution in [2.45, 2.75) is 58.4 Å². The summed E-state index contributed by atoms with van der Waals surface area (Å²) < 4.78 is 7.75. The second-order valence-corrected chi connectivity index (χ2v) is 6.87. The van der Waals surface area contributed by atoms with Crippen molar-refractivity contribution in [2.75, 3.05) is 11.9 Å². The number of nitrogens with one attached hydrogen (secondary N) is 1. The summed E-state index contributed by atoms with van der Waals surface area (Å²) in [4.78, 5) is 12.3. The monoisotopic (exact) mass is 341 g/mol. The summed E-state index contributed by atoms with van der Waals surface area (Å²) in [5.41, 5.74) is 2.24. The lowest BCUT2D eigenvalue weighted by atomic mass is 9.96. The fourth-order valence-corrected chi connectivity index (χ4v) is 3.35. The predicted molar refractivity (Wildman–Crippen MR) is 99.0 cm³/mol. The average Bonchev–Trinajstić information content (AvgIpc) is 3.07. The maximum absolute atomic E-state index is 12.3. The van der Waals surface area contributed by atoms with E-state index in [4.69, 9.17) is 4.74 Å². The molecule has 25 heavy (non-hydrogen) atoms. The van der Waals surface area contributed by atoms with Crippen molar-refractivity contribution in [3.05, 3.63) is 41.6 Å². The van der Waals surface area contributed by atoms with Gasteiger partial charge in [-0.3, -0.25) is 4.79 Å². The smallest absolute Gasteiger partial charge is 0.228 e. The van der Waals surface area contributed by atoms with Crippen LogP contribution in [0.4, 0.5) is 5.82 Å². The number of amides is 1. The van der Waals surface area contributed by atoms with Crippen LogP contribution in [-0.2, 0) is 4.79 Å². The Bertz CT molecular complexity index is 717. The highest BCUT2D eigenvalue weighted by Gasteiger charge is 2.19. The van der Waals surface area contributed by atoms with Crippen molar-refractivity contribution in [2.24, 2.45) is 0 Å². The molecule has 1 saturated carbocycles. The first-order valence-electron chi connectivity index (χ1n) is 9.17. The Balaban J connectivity index is 1.51. The molecule has 5 nitrogen and oxygen atoms in total. The number of rotatable bonds is 6. The third kappa shape index (κ3) is 4.62. The van der Waals surface area contributed by atoms with Gasteiger partial charge in [0, 0.05) is 6.07 Å². The lowest BCUT2D eigenvalue weighted by Crippen LogP contribution is -2.21. The number of nitrogens with zero attached hydrogens (tertiary/aromatic N) is 2. The Labute approximate surface area is 149 Å². The molecule has 0 atom stereocenters. The Kier molecular flexibility index (Phi) is 5.74. The molecule has 1 aliphatic carbocycles. The first-order chi connectivity index (χ1) is 12.1. The molecule has 3 rings (SSSR count). The molecule has 134 valence electrons. The van der Waals surface area contributed by atoms with Crippen LogP contribution in [0, 0.1) is 13.8 Å². The number of aromatic nitrogens is 2. The molecule has 1 heterocycles. The van der Waals surface area contributed by atoms with Crippen molar-refractivity contribution >= 4 is 11.7 Å². The van der Waals surface area contributed by atoms with E-state index >= 15 is 0 Å². The molecule has 1 aromatic heterocycles. The first-order valence-corrected chi connectivity index (χ1v) is 9.17. The van der Waals surface area contributed by atoms with Gasteiger partial charge in [-0.1, -0.05) is 31.4 Å². The van der Waals surface area contributed by atoms with Gasteiger partial charge in [-0.15, -0.1) is 0 Å². The normalized spacial score (nSPS) is 15.1. The van der Waals surface area contributed by atoms with E-state index in [1.54, 1.807) is 6.20 Å². The van der Waals surface area contributed by atoms with E-state index in [1.165, 1.54) is 19.3 Å². The fourth-order valence-electron chi connectivity index (χ4n) is 3.35. The highest BCUT2D eigenvalue weighted by Crippen LogP contribution is 2.29. The van der Waals surface area contributed by atoms with E-state index in [-0.39, 0.29) is 5.91 Å². The predicted octanol–water partition coefficient (Wildman–Crippen LogP) is 4.41. The second kappa shape index (κ2) is 8.19. The number of ether oxygens (including phenoxy) is 1. The van der Waals surface area contributed by atoms with Crippen LogP contribution in [0.15, 0.2) is 30.5 Å². The molecule has 0 bridgehead atoms. The van der Waals surface area contributed by atoms with Gasteiger partial charge in [0.1, 0.15) is 11.6 Å². The number of hydrogen-bond donors (Lipinski definition) is 1. The lowest BCUT2D eigenvalue weighted by Gasteiger charge is -2.23. The van der Waals surface area contributed by atoms with Gasteiger partial charge >= 0.3 is 0 Å². The summed E-state index contributed by atoms with van der Waals surface area (Å²) in [7, 11) is 0. The molecular weight excluding hydrogens is 314 g/mol. The van der Waals surface area contributed by atoms with E-state index in [0.717, 1.165) is 35.5 Å². The maximum Gasteiger partial charge on any atom is 0.228 e. The topological polar surface area (TPSA) is 56.1 Å². The van der Waals surface area contributed by atoms with E-state index in [0.29, 0.717) is 19.1 Å². The quantitative estimate of drug-likeness (QED) is 0.846. The Hall–Kier alpha value is -2.30. The van der Waals surface area contributed by atoms with Crippen LogP contribution in [0.25, 0.3) is 0 Å². The second-order valence-electron chi connectivity index (χ2n) is 6.87. The molecule has 1 N–H and O–H groups in total. The van der Waals surface area contributed by atoms with Gasteiger partial charge in [-0.2, -0.15) is 5.10 Å². The fraction of sp³-hybridized carbons (Fsp3) is 0.500. The zero-order chi connectivity index (χ0) is 17.6. The molecule has 0 radical (unpaired) electrons. The van der Waals surface area contributed by atoms with Crippen LogP contribution >= 0.6 is 0 Å². The van der Waals surface area contributed by atoms with Gasteiger partial charge in [0.2, 0.25) is 5.91 Å². The number of carbonyl (C=O) groups excluding carboxylic acids is 1. The third-order valence-corrected chi connectivity index (χ3v) is 4.79. The summed E-state index contributed by atoms with van der Waals surface area (Å²) in [6, 6.07) is 8.38. The van der Waals surface area contributed by atoms with Gasteiger partial charge in [-0.25, -0.2) is 4.68 Å². The van der Waals surface area contributed by atoms with E-state index in [9.17, 15) is 4.79 Å². The highest BCUT2D eigenvalue weighted by atomic mass is 16.5. The van der Waals surface area contributed by atoms with Crippen LogP contribution in [0.3, 0.4) is 0 Å². The van der Waals surface area contributed by atoms with E-state index in [1.807, 2.05) is 36.7 Å². The molecule has 1 aliphatic rings. The zero-order valence-corrected chi connectivity index (χ0v) is 15.1. The number of anilines is 1. The Morgan fingerprint density at radius 1 is 1.24 bits per heavy atom. The van der Waals surface area contributed by atoms with Crippen molar-refractivity contribution in [3.8, 4) is 5.75 Å². The average molecular weight is 341 g/mol. The largest absolute Gasteiger partial charge is 0.493 e. The minimum atomic E-state index is -0.0390. The van der Waals surface area contributed by atoms with Crippen molar-refractivity contribution in [3.63, 3.8) is 0 Å². The van der Waals surface area contributed by atoms with Crippen LogP contribution in [-0.4, -0.2) is 22.3 Å². The summed E-state index contributed by atoms with van der Waals surface area (Å²) in [5.74, 6) is 1.60. The molecule has 2 aromatic rings. The highest BCUT2D eigenvalue weighted by molar-refractivity contribution is 5.89. The number of benzene rings is 1. The molecule has 1 fully saturated rings.